The van der Waals surface area contributed by atoms with Crippen molar-refractivity contribution in [1.82, 2.24) is 4.72 Å². The van der Waals surface area contributed by atoms with Gasteiger partial charge in [-0.25, -0.2) is 8.42 Å². The van der Waals surface area contributed by atoms with Gasteiger partial charge in [-0.15, -0.1) is 0 Å². The van der Waals surface area contributed by atoms with Gasteiger partial charge in [0, 0.05) is 5.69 Å². The molecule has 0 aliphatic heterocycles. The summed E-state index contributed by atoms with van der Waals surface area (Å²) in [6.07, 6.45) is 1.34. The number of hydrogen-bond donors (Lipinski definition) is 2. The first-order valence-corrected chi connectivity index (χ1v) is 7.46. The Morgan fingerprint density at radius 3 is 2.33 bits per heavy atom. The molecule has 98 valence electrons. The summed E-state index contributed by atoms with van der Waals surface area (Å²) in [6.45, 7) is 1.50. The third-order valence-corrected chi connectivity index (χ3v) is 4.53. The predicted octanol–water partition coefficient (Wildman–Crippen LogP) is 0.766. The van der Waals surface area contributed by atoms with Crippen LogP contribution in [0, 0.1) is 0 Å². The van der Waals surface area contributed by atoms with Gasteiger partial charge >= 0.3 is 0 Å². The second-order valence-corrected chi connectivity index (χ2v) is 6.55. The third-order valence-electron chi connectivity index (χ3n) is 3.28. The second-order valence-electron chi connectivity index (χ2n) is 4.54. The summed E-state index contributed by atoms with van der Waals surface area (Å²) in [7, 11) is -3.50. The minimum absolute atomic E-state index is 0.101. The van der Waals surface area contributed by atoms with E-state index in [9.17, 15) is 13.2 Å². The van der Waals surface area contributed by atoms with Crippen LogP contribution < -0.4 is 10.5 Å². The van der Waals surface area contributed by atoms with E-state index in [0.717, 1.165) is 5.56 Å². The Hall–Kier alpha value is -1.56. The molecule has 5 nitrogen and oxygen atoms in total. The minimum atomic E-state index is -3.50. The fraction of sp³-hybridized carbons (Fsp3) is 0.417. The lowest BCUT2D eigenvalue weighted by Crippen LogP contribution is -2.39. The number of rotatable bonds is 4. The Kier molecular flexibility index (Phi) is 3.06. The van der Waals surface area contributed by atoms with Crippen LogP contribution in [0.15, 0.2) is 24.3 Å². The SMILES string of the molecule is CCS(=O)(=O)NC(=O)C1(c2ccc(N)cc2)CC1. The molecule has 6 heteroatoms. The number of amides is 1. The smallest absolute Gasteiger partial charge is 0.244 e. The van der Waals surface area contributed by atoms with Crippen molar-refractivity contribution in [1.29, 1.82) is 0 Å². The maximum atomic E-state index is 12.1. The highest BCUT2D eigenvalue weighted by Crippen LogP contribution is 2.48. The topological polar surface area (TPSA) is 89.3 Å². The van der Waals surface area contributed by atoms with Crippen LogP contribution in [0.4, 0.5) is 5.69 Å². The lowest BCUT2D eigenvalue weighted by Gasteiger charge is -2.15. The van der Waals surface area contributed by atoms with Crippen molar-refractivity contribution in [2.75, 3.05) is 11.5 Å². The maximum absolute atomic E-state index is 12.1. The summed E-state index contributed by atoms with van der Waals surface area (Å²) < 4.78 is 25.0. The van der Waals surface area contributed by atoms with E-state index in [4.69, 9.17) is 5.73 Å². The molecule has 1 saturated carbocycles. The zero-order chi connectivity index (χ0) is 13.4. The fourth-order valence-electron chi connectivity index (χ4n) is 1.89. The zero-order valence-electron chi connectivity index (χ0n) is 10.1. The van der Waals surface area contributed by atoms with E-state index in [1.165, 1.54) is 6.92 Å². The molecule has 18 heavy (non-hydrogen) atoms. The predicted molar refractivity (Wildman–Crippen MR) is 69.4 cm³/mol. The van der Waals surface area contributed by atoms with Gasteiger partial charge < -0.3 is 5.73 Å². The van der Waals surface area contributed by atoms with Gasteiger partial charge in [0.05, 0.1) is 11.2 Å². The molecule has 1 aliphatic rings. The summed E-state index contributed by atoms with van der Waals surface area (Å²) in [5.41, 5.74) is 6.35. The van der Waals surface area contributed by atoms with Crippen molar-refractivity contribution in [3.8, 4) is 0 Å². The number of sulfonamides is 1. The molecular weight excluding hydrogens is 252 g/mol. The molecule has 0 aromatic heterocycles. The Balaban J connectivity index is 2.22. The molecular formula is C12H16N2O3S. The normalized spacial score (nSPS) is 17.2. The Labute approximate surface area is 106 Å². The van der Waals surface area contributed by atoms with Crippen LogP contribution in [-0.4, -0.2) is 20.1 Å². The van der Waals surface area contributed by atoms with Crippen LogP contribution in [0.2, 0.25) is 0 Å². The molecule has 0 bridgehead atoms. The Morgan fingerprint density at radius 1 is 1.33 bits per heavy atom. The molecule has 0 saturated heterocycles. The molecule has 1 aliphatic carbocycles. The van der Waals surface area contributed by atoms with Crippen LogP contribution in [-0.2, 0) is 20.2 Å². The van der Waals surface area contributed by atoms with E-state index in [-0.39, 0.29) is 5.75 Å². The van der Waals surface area contributed by atoms with Gasteiger partial charge in [-0.3, -0.25) is 9.52 Å². The molecule has 0 heterocycles. The lowest BCUT2D eigenvalue weighted by atomic mass is 9.95. The number of anilines is 1. The van der Waals surface area contributed by atoms with Crippen molar-refractivity contribution in [3.63, 3.8) is 0 Å². The second kappa shape index (κ2) is 4.28. The summed E-state index contributed by atoms with van der Waals surface area (Å²) in [5.74, 6) is -0.537. The van der Waals surface area contributed by atoms with E-state index < -0.39 is 21.3 Å². The van der Waals surface area contributed by atoms with Gasteiger partial charge in [0.15, 0.2) is 0 Å². The molecule has 1 aromatic carbocycles. The van der Waals surface area contributed by atoms with Crippen molar-refractivity contribution >= 4 is 21.6 Å². The van der Waals surface area contributed by atoms with E-state index in [0.29, 0.717) is 18.5 Å². The average molecular weight is 268 g/mol. The van der Waals surface area contributed by atoms with E-state index in [1.807, 2.05) is 0 Å². The van der Waals surface area contributed by atoms with Crippen molar-refractivity contribution < 1.29 is 13.2 Å². The molecule has 0 unspecified atom stereocenters. The van der Waals surface area contributed by atoms with Gasteiger partial charge in [0.25, 0.3) is 0 Å². The Morgan fingerprint density at radius 2 is 1.89 bits per heavy atom. The monoisotopic (exact) mass is 268 g/mol. The van der Waals surface area contributed by atoms with Gasteiger partial charge in [0.2, 0.25) is 15.9 Å². The Bertz CT molecular complexity index is 559. The average Bonchev–Trinajstić information content (AvgIpc) is 3.11. The summed E-state index contributed by atoms with van der Waals surface area (Å²) in [6, 6.07) is 7.00. The van der Waals surface area contributed by atoms with Crippen molar-refractivity contribution in [3.05, 3.63) is 29.8 Å². The highest BCUT2D eigenvalue weighted by atomic mass is 32.2. The first-order chi connectivity index (χ1) is 8.39. The number of nitrogens with two attached hydrogens (primary N) is 1. The summed E-state index contributed by atoms with van der Waals surface area (Å²) in [4.78, 5) is 12.1. The van der Waals surface area contributed by atoms with E-state index in [1.54, 1.807) is 24.3 Å². The van der Waals surface area contributed by atoms with Gasteiger partial charge in [0.1, 0.15) is 0 Å². The molecule has 1 fully saturated rings. The molecule has 0 spiro atoms. The molecule has 2 rings (SSSR count). The van der Waals surface area contributed by atoms with Crippen molar-refractivity contribution in [2.24, 2.45) is 0 Å². The zero-order valence-corrected chi connectivity index (χ0v) is 11.0. The standard InChI is InChI=1S/C12H16N2O3S/c1-2-18(16,17)14-11(15)12(7-8-12)9-3-5-10(13)6-4-9/h3-6H,2,7-8,13H2,1H3,(H,14,15). The maximum Gasteiger partial charge on any atom is 0.244 e. The van der Waals surface area contributed by atoms with Crippen LogP contribution >= 0.6 is 0 Å². The van der Waals surface area contributed by atoms with E-state index >= 15 is 0 Å². The molecule has 0 radical (unpaired) electrons. The highest BCUT2D eigenvalue weighted by molar-refractivity contribution is 7.90. The molecule has 1 amide bonds. The van der Waals surface area contributed by atoms with E-state index in [2.05, 4.69) is 4.72 Å². The van der Waals surface area contributed by atoms with Crippen LogP contribution in [0.3, 0.4) is 0 Å². The summed E-state index contributed by atoms with van der Waals surface area (Å²) in [5, 5.41) is 0. The highest BCUT2D eigenvalue weighted by Gasteiger charge is 2.52. The number of carbonyl (C=O) groups is 1. The first kappa shape index (κ1) is 12.9. The number of benzene rings is 1. The summed E-state index contributed by atoms with van der Waals surface area (Å²) >= 11 is 0. The number of nitrogen functional groups attached to an aromatic ring is 1. The molecule has 3 N–H and O–H groups in total. The molecule has 0 atom stereocenters. The van der Waals surface area contributed by atoms with Crippen LogP contribution in [0.5, 0.6) is 0 Å². The lowest BCUT2D eigenvalue weighted by molar-refractivity contribution is -0.121. The van der Waals surface area contributed by atoms with Gasteiger partial charge in [-0.1, -0.05) is 12.1 Å². The minimum Gasteiger partial charge on any atom is -0.399 e. The quantitative estimate of drug-likeness (QED) is 0.789. The van der Waals surface area contributed by atoms with Crippen molar-refractivity contribution in [2.45, 2.75) is 25.2 Å². The number of nitrogens with one attached hydrogen (secondary N) is 1. The van der Waals surface area contributed by atoms with Crippen LogP contribution in [0.25, 0.3) is 0 Å². The fourth-order valence-corrected chi connectivity index (χ4v) is 2.51. The molecule has 1 aromatic rings. The van der Waals surface area contributed by atoms with Crippen LogP contribution in [0.1, 0.15) is 25.3 Å². The third kappa shape index (κ3) is 2.33. The number of hydrogen-bond acceptors (Lipinski definition) is 4. The number of carbonyl (C=O) groups excluding carboxylic acids is 1. The van der Waals surface area contributed by atoms with Gasteiger partial charge in [-0.05, 0) is 37.5 Å². The largest absolute Gasteiger partial charge is 0.399 e. The first-order valence-electron chi connectivity index (χ1n) is 5.80. The van der Waals surface area contributed by atoms with Gasteiger partial charge in [-0.2, -0.15) is 0 Å².